The molecule has 6 nitrogen and oxygen atoms in total. The fraction of sp³-hybridized carbons (Fsp3) is 0.273. The average Bonchev–Trinajstić information content (AvgIpc) is 2.38. The molecule has 0 heterocycles. The summed E-state index contributed by atoms with van der Waals surface area (Å²) in [5.41, 5.74) is 0.443. The van der Waals surface area contributed by atoms with Crippen LogP contribution in [0.1, 0.15) is 10.4 Å². The highest BCUT2D eigenvalue weighted by Crippen LogP contribution is 1.99. The Hall–Kier alpha value is -1.92. The molecule has 1 aromatic rings. The van der Waals surface area contributed by atoms with E-state index in [0.29, 0.717) is 5.56 Å². The first-order chi connectivity index (χ1) is 8.19. The molecule has 17 heavy (non-hydrogen) atoms. The second kappa shape index (κ2) is 6.62. The normalized spacial score (nSPS) is 11.6. The molecule has 0 saturated carbocycles. The molecule has 0 spiro atoms. The van der Waals surface area contributed by atoms with E-state index >= 15 is 0 Å². The summed E-state index contributed by atoms with van der Waals surface area (Å²) in [5.74, 6) is 3.88. The van der Waals surface area contributed by atoms with Gasteiger partial charge in [0.15, 0.2) is 6.04 Å². The minimum atomic E-state index is -0.919. The van der Waals surface area contributed by atoms with Crippen LogP contribution in [0.25, 0.3) is 0 Å². The lowest BCUT2D eigenvalue weighted by atomic mass is 10.2. The molecule has 0 aliphatic heterocycles. The van der Waals surface area contributed by atoms with E-state index < -0.39 is 17.9 Å². The zero-order chi connectivity index (χ0) is 12.7. The maximum atomic E-state index is 11.7. The monoisotopic (exact) mass is 238 g/mol. The van der Waals surface area contributed by atoms with E-state index in [0.717, 1.165) is 0 Å². The lowest BCUT2D eigenvalue weighted by Crippen LogP contribution is -2.45. The van der Waals surface area contributed by atoms with Gasteiger partial charge in [0.05, 0.1) is 13.7 Å². The number of nitrogens with one attached hydrogen (secondary N) is 1. The van der Waals surface area contributed by atoms with Crippen molar-refractivity contribution in [3.8, 4) is 0 Å². The molecule has 1 atom stereocenters. The predicted molar refractivity (Wildman–Crippen MR) is 59.9 cm³/mol. The first kappa shape index (κ1) is 13.1. The lowest BCUT2D eigenvalue weighted by Gasteiger charge is -2.14. The largest absolute Gasteiger partial charge is 0.467 e. The maximum Gasteiger partial charge on any atom is 0.330 e. The van der Waals surface area contributed by atoms with Gasteiger partial charge in [-0.2, -0.15) is 0 Å². The molecule has 0 saturated heterocycles. The summed E-state index contributed by atoms with van der Waals surface area (Å²) in [6.45, 7) is -0.148. The second-order valence-electron chi connectivity index (χ2n) is 3.25. The van der Waals surface area contributed by atoms with Crippen molar-refractivity contribution >= 4 is 11.9 Å². The van der Waals surface area contributed by atoms with E-state index in [4.69, 9.17) is 5.90 Å². The van der Waals surface area contributed by atoms with E-state index in [-0.39, 0.29) is 6.61 Å². The van der Waals surface area contributed by atoms with Crippen LogP contribution in [-0.2, 0) is 14.4 Å². The van der Waals surface area contributed by atoms with Gasteiger partial charge in [0.1, 0.15) is 0 Å². The zero-order valence-electron chi connectivity index (χ0n) is 9.38. The Morgan fingerprint density at radius 3 is 2.53 bits per heavy atom. The highest BCUT2D eigenvalue weighted by Gasteiger charge is 2.22. The van der Waals surface area contributed by atoms with Gasteiger partial charge < -0.3 is 14.9 Å². The highest BCUT2D eigenvalue weighted by atomic mass is 16.6. The minimum absolute atomic E-state index is 0.148. The number of benzene rings is 1. The van der Waals surface area contributed by atoms with E-state index in [1.807, 2.05) is 0 Å². The molecule has 92 valence electrons. The van der Waals surface area contributed by atoms with Crippen LogP contribution in [0.2, 0.25) is 0 Å². The number of carbonyl (C=O) groups is 2. The van der Waals surface area contributed by atoms with Crippen LogP contribution in [0.5, 0.6) is 0 Å². The van der Waals surface area contributed by atoms with Crippen LogP contribution in [0.3, 0.4) is 0 Å². The number of amides is 1. The van der Waals surface area contributed by atoms with Crippen molar-refractivity contribution in [2.75, 3.05) is 13.7 Å². The van der Waals surface area contributed by atoms with Gasteiger partial charge in [-0.1, -0.05) is 18.2 Å². The standard InChI is InChI=1S/C11H14N2O4/c1-16-11(15)9(7-17-12)13-10(14)8-5-3-2-4-6-8/h2-6,9H,7,12H2,1H3,(H,13,14)/t9-/m0/s1. The molecule has 0 aliphatic carbocycles. The molecule has 0 unspecified atom stereocenters. The number of rotatable bonds is 5. The molecular formula is C11H14N2O4. The molecule has 1 aromatic carbocycles. The maximum absolute atomic E-state index is 11.7. The van der Waals surface area contributed by atoms with Gasteiger partial charge in [0.25, 0.3) is 5.91 Å². The van der Waals surface area contributed by atoms with Crippen LogP contribution in [-0.4, -0.2) is 31.6 Å². The van der Waals surface area contributed by atoms with Gasteiger partial charge in [0, 0.05) is 5.56 Å². The zero-order valence-corrected chi connectivity index (χ0v) is 9.38. The smallest absolute Gasteiger partial charge is 0.330 e. The number of hydrogen-bond acceptors (Lipinski definition) is 5. The molecule has 0 bridgehead atoms. The first-order valence-electron chi connectivity index (χ1n) is 4.94. The molecule has 0 radical (unpaired) electrons. The topological polar surface area (TPSA) is 90.7 Å². The van der Waals surface area contributed by atoms with E-state index in [9.17, 15) is 9.59 Å². The molecule has 1 amide bonds. The van der Waals surface area contributed by atoms with E-state index in [1.54, 1.807) is 30.3 Å². The van der Waals surface area contributed by atoms with Crippen molar-refractivity contribution in [3.63, 3.8) is 0 Å². The van der Waals surface area contributed by atoms with Crippen LogP contribution < -0.4 is 11.2 Å². The second-order valence-corrected chi connectivity index (χ2v) is 3.25. The van der Waals surface area contributed by atoms with Crippen LogP contribution >= 0.6 is 0 Å². The first-order valence-corrected chi connectivity index (χ1v) is 4.94. The summed E-state index contributed by atoms with van der Waals surface area (Å²) in [6, 6.07) is 7.58. The van der Waals surface area contributed by atoms with Gasteiger partial charge >= 0.3 is 5.97 Å². The third-order valence-electron chi connectivity index (χ3n) is 2.09. The molecule has 0 aliphatic rings. The van der Waals surface area contributed by atoms with Crippen molar-refractivity contribution in [1.29, 1.82) is 0 Å². The number of carbonyl (C=O) groups excluding carboxylic acids is 2. The Bertz CT molecular complexity index is 380. The third-order valence-corrected chi connectivity index (χ3v) is 2.09. The van der Waals surface area contributed by atoms with E-state index in [1.165, 1.54) is 7.11 Å². The molecule has 1 rings (SSSR count). The van der Waals surface area contributed by atoms with Crippen molar-refractivity contribution in [3.05, 3.63) is 35.9 Å². The SMILES string of the molecule is COC(=O)[C@H](CON)NC(=O)c1ccccc1. The fourth-order valence-corrected chi connectivity index (χ4v) is 1.24. The molecule has 0 fully saturated rings. The van der Waals surface area contributed by atoms with Crippen molar-refractivity contribution in [2.24, 2.45) is 5.90 Å². The van der Waals surface area contributed by atoms with Crippen LogP contribution in [0.15, 0.2) is 30.3 Å². The summed E-state index contributed by atoms with van der Waals surface area (Å²) in [4.78, 5) is 27.4. The Kier molecular flexibility index (Phi) is 5.12. The Morgan fingerprint density at radius 2 is 2.00 bits per heavy atom. The lowest BCUT2D eigenvalue weighted by molar-refractivity contribution is -0.144. The van der Waals surface area contributed by atoms with Gasteiger partial charge in [-0.05, 0) is 12.1 Å². The van der Waals surface area contributed by atoms with Crippen LogP contribution in [0, 0.1) is 0 Å². The molecule has 0 aromatic heterocycles. The van der Waals surface area contributed by atoms with Gasteiger partial charge in [-0.25, -0.2) is 10.7 Å². The predicted octanol–water partition coefficient (Wildman–Crippen LogP) is -0.152. The number of hydrogen-bond donors (Lipinski definition) is 2. The quantitative estimate of drug-likeness (QED) is 0.550. The van der Waals surface area contributed by atoms with E-state index in [2.05, 4.69) is 14.9 Å². The fourth-order valence-electron chi connectivity index (χ4n) is 1.24. The molecule has 6 heteroatoms. The van der Waals surface area contributed by atoms with Gasteiger partial charge in [-0.3, -0.25) is 4.79 Å². The highest BCUT2D eigenvalue weighted by molar-refractivity contribution is 5.96. The van der Waals surface area contributed by atoms with Crippen LogP contribution in [0.4, 0.5) is 0 Å². The molecule has 3 N–H and O–H groups in total. The molecular weight excluding hydrogens is 224 g/mol. The third kappa shape index (κ3) is 3.86. The summed E-state index contributed by atoms with van der Waals surface area (Å²) in [5, 5.41) is 2.47. The number of nitrogens with two attached hydrogens (primary N) is 1. The summed E-state index contributed by atoms with van der Waals surface area (Å²) in [6.07, 6.45) is 0. The van der Waals surface area contributed by atoms with Crippen molar-refractivity contribution in [1.82, 2.24) is 5.32 Å². The number of esters is 1. The number of methoxy groups -OCH3 is 1. The van der Waals surface area contributed by atoms with Gasteiger partial charge in [0.2, 0.25) is 0 Å². The summed E-state index contributed by atoms with van der Waals surface area (Å²) < 4.78 is 4.51. The van der Waals surface area contributed by atoms with Crippen molar-refractivity contribution in [2.45, 2.75) is 6.04 Å². The Morgan fingerprint density at radius 1 is 1.35 bits per heavy atom. The summed E-state index contributed by atoms with van der Waals surface area (Å²) in [7, 11) is 1.22. The Balaban J connectivity index is 2.67. The van der Waals surface area contributed by atoms with Gasteiger partial charge in [-0.15, -0.1) is 0 Å². The summed E-state index contributed by atoms with van der Waals surface area (Å²) >= 11 is 0. The Labute approximate surface area is 98.7 Å². The minimum Gasteiger partial charge on any atom is -0.467 e. The van der Waals surface area contributed by atoms with Crippen molar-refractivity contribution < 1.29 is 19.2 Å². The average molecular weight is 238 g/mol. The number of ether oxygens (including phenoxy) is 1.